The minimum Gasteiger partial charge on any atom is -0.469 e. The SMILES string of the molecule is COC(=O)CCCn1cccc1C=O. The van der Waals surface area contributed by atoms with E-state index in [0.29, 0.717) is 25.1 Å². The standard InChI is InChI=1S/C10H13NO3/c1-14-10(13)5-3-7-11-6-2-4-9(11)8-12/h2,4,6,8H,3,5,7H2,1H3. The Morgan fingerprint density at radius 3 is 3.07 bits per heavy atom. The first-order valence-corrected chi connectivity index (χ1v) is 4.45. The Morgan fingerprint density at radius 1 is 1.64 bits per heavy atom. The fourth-order valence-electron chi connectivity index (χ4n) is 1.23. The molecule has 0 amide bonds. The number of aldehydes is 1. The van der Waals surface area contributed by atoms with Crippen molar-refractivity contribution in [2.24, 2.45) is 0 Å². The van der Waals surface area contributed by atoms with Crippen LogP contribution in [-0.2, 0) is 16.1 Å². The molecule has 76 valence electrons. The van der Waals surface area contributed by atoms with Gasteiger partial charge >= 0.3 is 5.97 Å². The third-order valence-corrected chi connectivity index (χ3v) is 1.99. The lowest BCUT2D eigenvalue weighted by Gasteiger charge is -2.03. The summed E-state index contributed by atoms with van der Waals surface area (Å²) >= 11 is 0. The van der Waals surface area contributed by atoms with Crippen molar-refractivity contribution in [3.8, 4) is 0 Å². The van der Waals surface area contributed by atoms with E-state index in [0.717, 1.165) is 6.29 Å². The van der Waals surface area contributed by atoms with Crippen LogP contribution in [0.2, 0.25) is 0 Å². The lowest BCUT2D eigenvalue weighted by molar-refractivity contribution is -0.140. The van der Waals surface area contributed by atoms with Crippen LogP contribution in [0, 0.1) is 0 Å². The van der Waals surface area contributed by atoms with E-state index in [4.69, 9.17) is 0 Å². The number of aromatic nitrogens is 1. The van der Waals surface area contributed by atoms with E-state index in [9.17, 15) is 9.59 Å². The normalized spacial score (nSPS) is 9.79. The van der Waals surface area contributed by atoms with Crippen LogP contribution in [0.3, 0.4) is 0 Å². The Kier molecular flexibility index (Phi) is 3.91. The van der Waals surface area contributed by atoms with Gasteiger partial charge < -0.3 is 9.30 Å². The van der Waals surface area contributed by atoms with E-state index in [1.54, 1.807) is 6.07 Å². The van der Waals surface area contributed by atoms with Gasteiger partial charge in [-0.05, 0) is 18.6 Å². The molecular weight excluding hydrogens is 182 g/mol. The maximum absolute atomic E-state index is 10.8. The molecule has 0 saturated heterocycles. The van der Waals surface area contributed by atoms with Crippen LogP contribution < -0.4 is 0 Å². The van der Waals surface area contributed by atoms with E-state index >= 15 is 0 Å². The van der Waals surface area contributed by atoms with Crippen LogP contribution in [0.5, 0.6) is 0 Å². The molecule has 0 aliphatic carbocycles. The number of carbonyl (C=O) groups is 2. The van der Waals surface area contributed by atoms with E-state index in [-0.39, 0.29) is 5.97 Å². The molecule has 14 heavy (non-hydrogen) atoms. The summed E-state index contributed by atoms with van der Waals surface area (Å²) in [6, 6.07) is 3.55. The molecule has 1 heterocycles. The van der Waals surface area contributed by atoms with Crippen LogP contribution in [0.25, 0.3) is 0 Å². The molecule has 0 spiro atoms. The first-order valence-electron chi connectivity index (χ1n) is 4.45. The zero-order valence-corrected chi connectivity index (χ0v) is 8.10. The van der Waals surface area contributed by atoms with E-state index in [1.165, 1.54) is 7.11 Å². The quantitative estimate of drug-likeness (QED) is 0.525. The topological polar surface area (TPSA) is 48.3 Å². The number of aryl methyl sites for hydroxylation is 1. The highest BCUT2D eigenvalue weighted by atomic mass is 16.5. The number of hydrogen-bond acceptors (Lipinski definition) is 3. The Balaban J connectivity index is 2.38. The highest BCUT2D eigenvalue weighted by molar-refractivity contribution is 5.72. The number of ether oxygens (including phenoxy) is 1. The zero-order valence-electron chi connectivity index (χ0n) is 8.10. The van der Waals surface area contributed by atoms with Crippen LogP contribution in [0.1, 0.15) is 23.3 Å². The molecule has 0 aromatic carbocycles. The van der Waals surface area contributed by atoms with Crippen molar-refractivity contribution in [3.05, 3.63) is 24.0 Å². The zero-order chi connectivity index (χ0) is 10.4. The first kappa shape index (κ1) is 10.5. The molecule has 0 saturated carbocycles. The monoisotopic (exact) mass is 195 g/mol. The Labute approximate surface area is 82.5 Å². The molecule has 0 radical (unpaired) electrons. The van der Waals surface area contributed by atoms with Crippen LogP contribution in [0.15, 0.2) is 18.3 Å². The second-order valence-corrected chi connectivity index (χ2v) is 2.92. The van der Waals surface area contributed by atoms with Gasteiger partial charge in [-0.1, -0.05) is 0 Å². The molecule has 4 nitrogen and oxygen atoms in total. The third kappa shape index (κ3) is 2.73. The average Bonchev–Trinajstić information content (AvgIpc) is 2.65. The van der Waals surface area contributed by atoms with E-state index in [2.05, 4.69) is 4.74 Å². The number of rotatable bonds is 5. The Hall–Kier alpha value is -1.58. The molecule has 1 aromatic rings. The van der Waals surface area contributed by atoms with E-state index < -0.39 is 0 Å². The minimum absolute atomic E-state index is 0.218. The molecule has 4 heteroatoms. The molecule has 0 unspecified atom stereocenters. The van der Waals surface area contributed by atoms with Crippen molar-refractivity contribution in [1.82, 2.24) is 4.57 Å². The molecule has 0 aliphatic rings. The molecular formula is C10H13NO3. The van der Waals surface area contributed by atoms with Crippen molar-refractivity contribution in [2.75, 3.05) is 7.11 Å². The summed E-state index contributed by atoms with van der Waals surface area (Å²) in [5.41, 5.74) is 0.634. The fraction of sp³-hybridized carbons (Fsp3) is 0.400. The predicted octanol–water partition coefficient (Wildman–Crippen LogP) is 1.25. The van der Waals surface area contributed by atoms with Gasteiger partial charge in [0, 0.05) is 19.2 Å². The number of nitrogens with zero attached hydrogens (tertiary/aromatic N) is 1. The molecule has 1 aromatic heterocycles. The fourth-order valence-corrected chi connectivity index (χ4v) is 1.23. The minimum atomic E-state index is -0.218. The summed E-state index contributed by atoms with van der Waals surface area (Å²) in [6.07, 6.45) is 3.69. The average molecular weight is 195 g/mol. The largest absolute Gasteiger partial charge is 0.469 e. The molecule has 1 rings (SSSR count). The van der Waals surface area contributed by atoms with Gasteiger partial charge in [0.2, 0.25) is 0 Å². The van der Waals surface area contributed by atoms with Crippen molar-refractivity contribution < 1.29 is 14.3 Å². The van der Waals surface area contributed by atoms with Crippen LogP contribution in [0.4, 0.5) is 0 Å². The molecule has 0 bridgehead atoms. The van der Waals surface area contributed by atoms with Gasteiger partial charge in [-0.25, -0.2) is 0 Å². The smallest absolute Gasteiger partial charge is 0.305 e. The maximum Gasteiger partial charge on any atom is 0.305 e. The lowest BCUT2D eigenvalue weighted by Crippen LogP contribution is -2.05. The highest BCUT2D eigenvalue weighted by Crippen LogP contribution is 2.02. The van der Waals surface area contributed by atoms with Crippen molar-refractivity contribution >= 4 is 12.3 Å². The Bertz CT molecular complexity index is 317. The number of esters is 1. The van der Waals surface area contributed by atoms with Gasteiger partial charge in [-0.15, -0.1) is 0 Å². The van der Waals surface area contributed by atoms with E-state index in [1.807, 2.05) is 16.8 Å². The van der Waals surface area contributed by atoms with Crippen molar-refractivity contribution in [3.63, 3.8) is 0 Å². The second kappa shape index (κ2) is 5.21. The summed E-state index contributed by atoms with van der Waals surface area (Å²) in [4.78, 5) is 21.3. The Morgan fingerprint density at radius 2 is 2.43 bits per heavy atom. The number of methoxy groups -OCH3 is 1. The predicted molar refractivity (Wildman–Crippen MR) is 51.1 cm³/mol. The van der Waals surface area contributed by atoms with Gasteiger partial charge in [0.25, 0.3) is 0 Å². The van der Waals surface area contributed by atoms with Crippen LogP contribution >= 0.6 is 0 Å². The number of hydrogen-bond donors (Lipinski definition) is 0. The third-order valence-electron chi connectivity index (χ3n) is 1.99. The molecule has 0 N–H and O–H groups in total. The van der Waals surface area contributed by atoms with Gasteiger partial charge in [-0.2, -0.15) is 0 Å². The molecule has 0 aliphatic heterocycles. The highest BCUT2D eigenvalue weighted by Gasteiger charge is 2.02. The number of carbonyl (C=O) groups excluding carboxylic acids is 2. The summed E-state index contributed by atoms with van der Waals surface area (Å²) in [7, 11) is 1.37. The van der Waals surface area contributed by atoms with Gasteiger partial charge in [0.15, 0.2) is 6.29 Å². The lowest BCUT2D eigenvalue weighted by atomic mass is 10.3. The van der Waals surface area contributed by atoms with Crippen molar-refractivity contribution in [2.45, 2.75) is 19.4 Å². The van der Waals surface area contributed by atoms with Crippen molar-refractivity contribution in [1.29, 1.82) is 0 Å². The first-order chi connectivity index (χ1) is 6.77. The molecule has 0 fully saturated rings. The van der Waals surface area contributed by atoms with Gasteiger partial charge in [0.05, 0.1) is 12.8 Å². The summed E-state index contributed by atoms with van der Waals surface area (Å²) < 4.78 is 6.32. The van der Waals surface area contributed by atoms with Gasteiger partial charge in [-0.3, -0.25) is 9.59 Å². The second-order valence-electron chi connectivity index (χ2n) is 2.92. The molecule has 0 atom stereocenters. The van der Waals surface area contributed by atoms with Gasteiger partial charge in [0.1, 0.15) is 0 Å². The van der Waals surface area contributed by atoms with Crippen LogP contribution in [-0.4, -0.2) is 23.9 Å². The summed E-state index contributed by atoms with van der Waals surface area (Å²) in [5, 5.41) is 0. The maximum atomic E-state index is 10.8. The summed E-state index contributed by atoms with van der Waals surface area (Å²) in [6.45, 7) is 0.663. The summed E-state index contributed by atoms with van der Waals surface area (Å²) in [5.74, 6) is -0.218.